The first-order valence-corrected chi connectivity index (χ1v) is 4.44. The molecule has 5 nitrogen and oxygen atoms in total. The van der Waals surface area contributed by atoms with Gasteiger partial charge in [-0.1, -0.05) is 13.0 Å². The number of nitrogens with zero attached hydrogens (tertiary/aromatic N) is 1. The maximum Gasteiger partial charge on any atom is 1.00 e. The van der Waals surface area contributed by atoms with Gasteiger partial charge >= 0.3 is 25.6 Å². The average molecular weight is 205 g/mol. The Kier molecular flexibility index (Phi) is 5.95. The summed E-state index contributed by atoms with van der Waals surface area (Å²) in [6, 6.07) is 2.84. The Hall–Kier alpha value is -0.508. The zero-order valence-electron chi connectivity index (χ0n) is 8.92. The van der Waals surface area contributed by atoms with Gasteiger partial charge in [-0.2, -0.15) is 0 Å². The third-order valence-corrected chi connectivity index (χ3v) is 1.63. The Morgan fingerprint density at radius 2 is 2.00 bits per heavy atom. The summed E-state index contributed by atoms with van der Waals surface area (Å²) in [5.41, 5.74) is -0.172. The van der Waals surface area contributed by atoms with Crippen molar-refractivity contribution in [3.8, 4) is 5.75 Å². The normalized spacial score (nSPS) is 10.7. The topological polar surface area (TPSA) is 82.8 Å². The van der Waals surface area contributed by atoms with Gasteiger partial charge in [0, 0.05) is 0 Å². The average Bonchev–Trinajstić information content (AvgIpc) is 2.14. The molecule has 1 heterocycles. The molecule has 0 aromatic carbocycles. The van der Waals surface area contributed by atoms with Crippen molar-refractivity contribution in [2.75, 3.05) is 6.61 Å². The molecule has 1 aromatic heterocycles. The number of ether oxygens (including phenoxy) is 1. The van der Waals surface area contributed by atoms with E-state index in [2.05, 4.69) is 4.98 Å². The second kappa shape index (κ2) is 6.16. The van der Waals surface area contributed by atoms with E-state index in [1.165, 1.54) is 18.3 Å². The predicted molar refractivity (Wildman–Crippen MR) is 52.1 cm³/mol. The quantitative estimate of drug-likeness (QED) is 0.436. The molecule has 0 saturated carbocycles. The molecule has 0 amide bonds. The minimum absolute atomic E-state index is 0. The van der Waals surface area contributed by atoms with Crippen LogP contribution in [0.4, 0.5) is 0 Å². The maximum absolute atomic E-state index is 8.83. The number of aromatic nitrogens is 1. The van der Waals surface area contributed by atoms with Crippen molar-refractivity contribution in [2.24, 2.45) is 0 Å². The molecule has 7 heteroatoms. The third-order valence-electron chi connectivity index (χ3n) is 1.63. The van der Waals surface area contributed by atoms with E-state index >= 15 is 0 Å². The Balaban J connectivity index is 0.00000196. The van der Waals surface area contributed by atoms with E-state index in [1.54, 1.807) is 0 Å². The largest absolute Gasteiger partial charge is 1.00 e. The van der Waals surface area contributed by atoms with E-state index in [-0.39, 0.29) is 24.5 Å². The zero-order chi connectivity index (χ0) is 10.6. The Labute approximate surface area is 100 Å². The van der Waals surface area contributed by atoms with Crippen molar-refractivity contribution in [2.45, 2.75) is 13.3 Å². The van der Waals surface area contributed by atoms with Crippen LogP contribution in [0.1, 0.15) is 13.3 Å². The van der Waals surface area contributed by atoms with Crippen LogP contribution in [-0.4, -0.2) is 33.4 Å². The van der Waals surface area contributed by atoms with Crippen LogP contribution in [-0.2, 0) is 0 Å². The molecule has 0 unspecified atom stereocenters. The SMILES string of the molecule is CCCOc1ccc([B-](O)(O)O)nc1.[Li+]. The summed E-state index contributed by atoms with van der Waals surface area (Å²) in [4.78, 5) is 3.66. The molecule has 0 spiro atoms. The third kappa shape index (κ3) is 4.69. The zero-order valence-corrected chi connectivity index (χ0v) is 8.92. The summed E-state index contributed by atoms with van der Waals surface area (Å²) < 4.78 is 5.22. The monoisotopic (exact) mass is 205 g/mol. The van der Waals surface area contributed by atoms with Gasteiger partial charge in [-0.3, -0.25) is 4.98 Å². The molecule has 15 heavy (non-hydrogen) atoms. The van der Waals surface area contributed by atoms with Crippen molar-refractivity contribution in [1.29, 1.82) is 0 Å². The van der Waals surface area contributed by atoms with E-state index < -0.39 is 6.75 Å². The summed E-state index contributed by atoms with van der Waals surface area (Å²) >= 11 is 0. The van der Waals surface area contributed by atoms with Crippen LogP contribution in [0, 0.1) is 0 Å². The molecular formula is C8H13BLiNO4. The molecule has 0 atom stereocenters. The molecule has 0 fully saturated rings. The van der Waals surface area contributed by atoms with Crippen LogP contribution in [0.15, 0.2) is 18.3 Å². The van der Waals surface area contributed by atoms with Gasteiger partial charge in [0.05, 0.1) is 12.8 Å². The van der Waals surface area contributed by atoms with Crippen molar-refractivity contribution < 1.29 is 38.7 Å². The Bertz CT molecular complexity index is 288. The Morgan fingerprint density at radius 3 is 2.40 bits per heavy atom. The summed E-state index contributed by atoms with van der Waals surface area (Å²) in [7, 11) is 0. The number of pyridine rings is 1. The van der Waals surface area contributed by atoms with Crippen LogP contribution in [0.25, 0.3) is 0 Å². The van der Waals surface area contributed by atoms with Crippen molar-refractivity contribution in [1.82, 2.24) is 4.98 Å². The van der Waals surface area contributed by atoms with Crippen molar-refractivity contribution in [3.05, 3.63) is 18.3 Å². The molecule has 0 aliphatic rings. The second-order valence-electron chi connectivity index (χ2n) is 3.00. The number of rotatable bonds is 4. The molecule has 0 aliphatic carbocycles. The van der Waals surface area contributed by atoms with Crippen LogP contribution >= 0.6 is 0 Å². The number of hydrogen-bond acceptors (Lipinski definition) is 5. The summed E-state index contributed by atoms with van der Waals surface area (Å²) in [6.45, 7) is -0.946. The van der Waals surface area contributed by atoms with Crippen LogP contribution < -0.4 is 29.2 Å². The first-order chi connectivity index (χ1) is 6.54. The molecule has 0 radical (unpaired) electrons. The maximum atomic E-state index is 8.83. The first-order valence-electron chi connectivity index (χ1n) is 4.44. The van der Waals surface area contributed by atoms with E-state index in [0.29, 0.717) is 12.4 Å². The first kappa shape index (κ1) is 14.5. The minimum atomic E-state index is -3.50. The number of hydrogen-bond donors (Lipinski definition) is 3. The fraction of sp³-hybridized carbons (Fsp3) is 0.375. The fourth-order valence-corrected chi connectivity index (χ4v) is 0.926. The molecule has 0 saturated heterocycles. The molecule has 0 bridgehead atoms. The van der Waals surface area contributed by atoms with E-state index in [0.717, 1.165) is 6.42 Å². The Morgan fingerprint density at radius 1 is 1.33 bits per heavy atom. The van der Waals surface area contributed by atoms with E-state index in [1.807, 2.05) is 6.92 Å². The van der Waals surface area contributed by atoms with Crippen LogP contribution in [0.5, 0.6) is 5.75 Å². The van der Waals surface area contributed by atoms with Gasteiger partial charge in [-0.05, 0) is 18.1 Å². The molecule has 1 aromatic rings. The summed E-state index contributed by atoms with van der Waals surface area (Å²) in [6.07, 6.45) is 2.22. The molecule has 0 aliphatic heterocycles. The summed E-state index contributed by atoms with van der Waals surface area (Å²) in [5, 5.41) is 26.5. The van der Waals surface area contributed by atoms with Gasteiger partial charge in [-0.25, -0.2) is 0 Å². The predicted octanol–water partition coefficient (Wildman–Crippen LogP) is -4.00. The molecule has 78 valence electrons. The van der Waals surface area contributed by atoms with Gasteiger partial charge in [0.15, 0.2) is 0 Å². The molecule has 3 N–H and O–H groups in total. The smallest absolute Gasteiger partial charge is 0.555 e. The standard InChI is InChI=1S/C8H13BNO4.Li/c1-2-5-14-7-3-4-8(10-6-7)9(11,12)13;/h3-4,6,11-13H,2,5H2,1H3;/q-1;+1. The van der Waals surface area contributed by atoms with Crippen LogP contribution in [0.3, 0.4) is 0 Å². The van der Waals surface area contributed by atoms with Gasteiger partial charge < -0.3 is 19.8 Å². The van der Waals surface area contributed by atoms with Gasteiger partial charge in [0.25, 0.3) is 0 Å². The van der Waals surface area contributed by atoms with Crippen molar-refractivity contribution in [3.63, 3.8) is 0 Å². The minimum Gasteiger partial charge on any atom is -0.555 e. The summed E-state index contributed by atoms with van der Waals surface area (Å²) in [5.74, 6) is 0.538. The second-order valence-corrected chi connectivity index (χ2v) is 3.00. The van der Waals surface area contributed by atoms with Gasteiger partial charge in [-0.15, -0.1) is 0 Å². The van der Waals surface area contributed by atoms with Gasteiger partial charge in [0.1, 0.15) is 5.75 Å². The fourth-order valence-electron chi connectivity index (χ4n) is 0.926. The molecular weight excluding hydrogens is 192 g/mol. The van der Waals surface area contributed by atoms with E-state index in [4.69, 9.17) is 19.8 Å². The van der Waals surface area contributed by atoms with Crippen LogP contribution in [0.2, 0.25) is 0 Å². The van der Waals surface area contributed by atoms with E-state index in [9.17, 15) is 0 Å². The van der Waals surface area contributed by atoms with Crippen molar-refractivity contribution >= 4 is 12.3 Å². The molecule has 1 rings (SSSR count). The van der Waals surface area contributed by atoms with Gasteiger partial charge in [0.2, 0.25) is 0 Å².